The van der Waals surface area contributed by atoms with Crippen molar-refractivity contribution >= 4 is 38.2 Å². The van der Waals surface area contributed by atoms with Crippen LogP contribution in [-0.4, -0.2) is 19.3 Å². The predicted molar refractivity (Wildman–Crippen MR) is 98.0 cm³/mol. The Bertz CT molecular complexity index is 1110. The molecule has 0 spiro atoms. The number of fused-ring (bicyclic) bond motifs is 1. The molecule has 3 rings (SSSR count). The maximum absolute atomic E-state index is 14.1. The van der Waals surface area contributed by atoms with E-state index in [2.05, 4.69) is 15.0 Å². The zero-order chi connectivity index (χ0) is 18.9. The number of benzene rings is 2. The molecule has 2 aromatic carbocycles. The Hall–Kier alpha value is -3.00. The van der Waals surface area contributed by atoms with Gasteiger partial charge in [0.2, 0.25) is 5.91 Å². The molecular formula is C18H16FN3O3S. The highest BCUT2D eigenvalue weighted by Crippen LogP contribution is 2.26. The van der Waals surface area contributed by atoms with Crippen LogP contribution < -0.4 is 10.0 Å². The molecule has 26 heavy (non-hydrogen) atoms. The summed E-state index contributed by atoms with van der Waals surface area (Å²) in [5.74, 6) is -1.11. The van der Waals surface area contributed by atoms with Gasteiger partial charge < -0.3 is 5.32 Å². The van der Waals surface area contributed by atoms with E-state index in [9.17, 15) is 17.6 Å². The van der Waals surface area contributed by atoms with Crippen molar-refractivity contribution in [3.8, 4) is 0 Å². The third-order valence-corrected chi connectivity index (χ3v) is 5.03. The van der Waals surface area contributed by atoms with E-state index in [1.54, 1.807) is 18.3 Å². The summed E-state index contributed by atoms with van der Waals surface area (Å²) in [6, 6.07) is 10.2. The Kier molecular flexibility index (Phi) is 4.60. The lowest BCUT2D eigenvalue weighted by Crippen LogP contribution is -2.15. The third kappa shape index (κ3) is 3.65. The molecule has 3 aromatic rings. The second kappa shape index (κ2) is 6.72. The summed E-state index contributed by atoms with van der Waals surface area (Å²) in [5.41, 5.74) is 1.21. The van der Waals surface area contributed by atoms with Crippen LogP contribution in [0.5, 0.6) is 0 Å². The quantitative estimate of drug-likeness (QED) is 0.733. The predicted octanol–water partition coefficient (Wildman–Crippen LogP) is 3.44. The van der Waals surface area contributed by atoms with Gasteiger partial charge in [0.1, 0.15) is 10.7 Å². The molecule has 2 N–H and O–H groups in total. The van der Waals surface area contributed by atoms with Gasteiger partial charge in [0.05, 0.1) is 11.2 Å². The van der Waals surface area contributed by atoms with E-state index in [0.29, 0.717) is 10.9 Å². The summed E-state index contributed by atoms with van der Waals surface area (Å²) in [6.45, 7) is 3.16. The van der Waals surface area contributed by atoms with E-state index in [1.807, 2.05) is 13.0 Å². The fraction of sp³-hybridized carbons (Fsp3) is 0.111. The number of sulfonamides is 1. The van der Waals surface area contributed by atoms with Crippen molar-refractivity contribution in [1.29, 1.82) is 0 Å². The van der Waals surface area contributed by atoms with Gasteiger partial charge in [-0.25, -0.2) is 12.8 Å². The van der Waals surface area contributed by atoms with Crippen molar-refractivity contribution in [2.24, 2.45) is 0 Å². The number of nitrogens with zero attached hydrogens (tertiary/aromatic N) is 1. The minimum Gasteiger partial charge on any atom is -0.326 e. The van der Waals surface area contributed by atoms with Crippen LogP contribution in [0.25, 0.3) is 10.9 Å². The van der Waals surface area contributed by atoms with Crippen molar-refractivity contribution in [2.75, 3.05) is 10.0 Å². The minimum absolute atomic E-state index is 0.0562. The van der Waals surface area contributed by atoms with Gasteiger partial charge in [0.25, 0.3) is 10.0 Å². The monoisotopic (exact) mass is 373 g/mol. The molecule has 1 heterocycles. The molecule has 134 valence electrons. The van der Waals surface area contributed by atoms with Gasteiger partial charge in [0, 0.05) is 24.2 Å². The van der Waals surface area contributed by atoms with Gasteiger partial charge in [-0.3, -0.25) is 14.5 Å². The van der Waals surface area contributed by atoms with Gasteiger partial charge in [-0.1, -0.05) is 12.1 Å². The van der Waals surface area contributed by atoms with Crippen LogP contribution in [0.3, 0.4) is 0 Å². The molecule has 0 fully saturated rings. The van der Waals surface area contributed by atoms with Crippen LogP contribution in [0, 0.1) is 12.7 Å². The minimum atomic E-state index is -4.09. The molecule has 8 heteroatoms. The van der Waals surface area contributed by atoms with Crippen LogP contribution in [0.1, 0.15) is 12.5 Å². The number of amides is 1. The highest BCUT2D eigenvalue weighted by Gasteiger charge is 2.20. The zero-order valence-corrected chi connectivity index (χ0v) is 14.9. The fourth-order valence-electron chi connectivity index (χ4n) is 2.54. The van der Waals surface area contributed by atoms with Crippen LogP contribution in [0.4, 0.5) is 15.8 Å². The smallest absolute Gasteiger partial charge is 0.264 e. The molecule has 1 amide bonds. The maximum Gasteiger partial charge on any atom is 0.264 e. The van der Waals surface area contributed by atoms with E-state index in [1.165, 1.54) is 25.1 Å². The number of nitrogens with one attached hydrogen (secondary N) is 2. The number of pyridine rings is 1. The topological polar surface area (TPSA) is 88.2 Å². The maximum atomic E-state index is 14.1. The third-order valence-electron chi connectivity index (χ3n) is 3.63. The van der Waals surface area contributed by atoms with E-state index < -0.39 is 15.8 Å². The standard InChI is InChI=1S/C18H16FN3O3S/c1-11-8-13-4-3-5-17(18(13)20-10-11)26(24,25)22-16-9-14(21-12(2)23)6-7-15(16)19/h3-10,22H,1-2H3,(H,21,23). The first-order chi connectivity index (χ1) is 12.3. The van der Waals surface area contributed by atoms with Crippen molar-refractivity contribution in [3.63, 3.8) is 0 Å². The number of rotatable bonds is 4. The summed E-state index contributed by atoms with van der Waals surface area (Å²) in [4.78, 5) is 15.3. The fourth-order valence-corrected chi connectivity index (χ4v) is 3.78. The first-order valence-electron chi connectivity index (χ1n) is 7.71. The van der Waals surface area contributed by atoms with Crippen molar-refractivity contribution in [3.05, 3.63) is 60.0 Å². The van der Waals surface area contributed by atoms with Crippen molar-refractivity contribution < 1.29 is 17.6 Å². The van der Waals surface area contributed by atoms with Crippen LogP contribution in [0.2, 0.25) is 0 Å². The number of hydrogen-bond donors (Lipinski definition) is 2. The van der Waals surface area contributed by atoms with E-state index in [0.717, 1.165) is 11.6 Å². The molecule has 0 radical (unpaired) electrons. The second-order valence-electron chi connectivity index (χ2n) is 5.82. The number of anilines is 2. The molecule has 0 atom stereocenters. The highest BCUT2D eigenvalue weighted by molar-refractivity contribution is 7.93. The lowest BCUT2D eigenvalue weighted by Gasteiger charge is -2.12. The SMILES string of the molecule is CC(=O)Nc1ccc(F)c(NS(=O)(=O)c2cccc3cc(C)cnc23)c1. The molecular weight excluding hydrogens is 357 g/mol. The lowest BCUT2D eigenvalue weighted by atomic mass is 10.2. The molecule has 0 aliphatic carbocycles. The summed E-state index contributed by atoms with van der Waals surface area (Å²) >= 11 is 0. The Morgan fingerprint density at radius 2 is 1.92 bits per heavy atom. The van der Waals surface area contributed by atoms with Gasteiger partial charge in [-0.15, -0.1) is 0 Å². The zero-order valence-electron chi connectivity index (χ0n) is 14.1. The number of halogens is 1. The molecule has 0 bridgehead atoms. The number of aromatic nitrogens is 1. The summed E-state index contributed by atoms with van der Waals surface area (Å²) < 4.78 is 41.9. The first-order valence-corrected chi connectivity index (χ1v) is 9.20. The number of para-hydroxylation sites is 1. The average Bonchev–Trinajstić information content (AvgIpc) is 2.56. The van der Waals surface area contributed by atoms with Crippen molar-refractivity contribution in [1.82, 2.24) is 4.98 Å². The van der Waals surface area contributed by atoms with E-state index >= 15 is 0 Å². The second-order valence-corrected chi connectivity index (χ2v) is 7.47. The average molecular weight is 373 g/mol. The first kappa shape index (κ1) is 17.8. The van der Waals surface area contributed by atoms with Crippen LogP contribution in [-0.2, 0) is 14.8 Å². The molecule has 0 saturated carbocycles. The Morgan fingerprint density at radius 3 is 2.65 bits per heavy atom. The Morgan fingerprint density at radius 1 is 1.15 bits per heavy atom. The van der Waals surface area contributed by atoms with Gasteiger partial charge in [-0.2, -0.15) is 0 Å². The van der Waals surface area contributed by atoms with E-state index in [4.69, 9.17) is 0 Å². The molecule has 0 unspecified atom stereocenters. The van der Waals surface area contributed by atoms with Crippen LogP contribution >= 0.6 is 0 Å². The molecule has 0 saturated heterocycles. The Labute approximate surface area is 150 Å². The van der Waals surface area contributed by atoms with E-state index in [-0.39, 0.29) is 22.2 Å². The highest BCUT2D eigenvalue weighted by atomic mass is 32.2. The summed E-state index contributed by atoms with van der Waals surface area (Å²) in [7, 11) is -4.09. The number of hydrogen-bond acceptors (Lipinski definition) is 4. The summed E-state index contributed by atoms with van der Waals surface area (Å²) in [6.07, 6.45) is 1.57. The van der Waals surface area contributed by atoms with Crippen LogP contribution in [0.15, 0.2) is 53.6 Å². The van der Waals surface area contributed by atoms with Gasteiger partial charge in [-0.05, 0) is 42.8 Å². The van der Waals surface area contributed by atoms with Gasteiger partial charge in [0.15, 0.2) is 0 Å². The molecule has 0 aliphatic rings. The number of aryl methyl sites for hydroxylation is 1. The Balaban J connectivity index is 2.04. The number of carbonyl (C=O) groups is 1. The van der Waals surface area contributed by atoms with Gasteiger partial charge >= 0.3 is 0 Å². The summed E-state index contributed by atoms with van der Waals surface area (Å²) in [5, 5.41) is 3.15. The normalized spacial score (nSPS) is 11.3. The largest absolute Gasteiger partial charge is 0.326 e. The molecule has 1 aromatic heterocycles. The number of carbonyl (C=O) groups excluding carboxylic acids is 1. The van der Waals surface area contributed by atoms with Crippen molar-refractivity contribution in [2.45, 2.75) is 18.7 Å². The lowest BCUT2D eigenvalue weighted by molar-refractivity contribution is -0.114. The molecule has 6 nitrogen and oxygen atoms in total. The molecule has 0 aliphatic heterocycles.